The Morgan fingerprint density at radius 2 is 1.93 bits per heavy atom. The molecule has 0 atom stereocenters. The maximum atomic E-state index is 14.4. The number of hydrogen-bond acceptors (Lipinski definition) is 5. The van der Waals surface area contributed by atoms with Crippen molar-refractivity contribution >= 4 is 6.09 Å². The van der Waals surface area contributed by atoms with Gasteiger partial charge in [0, 0.05) is 38.3 Å². The Bertz CT molecular complexity index is 816. The molecule has 1 aliphatic heterocycles. The summed E-state index contributed by atoms with van der Waals surface area (Å²) >= 11 is 0. The molecule has 1 N–H and O–H groups in total. The van der Waals surface area contributed by atoms with Crippen LogP contribution in [0.25, 0.3) is 5.69 Å². The lowest BCUT2D eigenvalue weighted by atomic mass is 9.85. The highest BCUT2D eigenvalue weighted by Gasteiger charge is 2.29. The van der Waals surface area contributed by atoms with E-state index in [1.165, 1.54) is 28.3 Å². The number of nitrogens with zero attached hydrogens (tertiary/aromatic N) is 5. The maximum Gasteiger partial charge on any atom is 0.407 e. The van der Waals surface area contributed by atoms with Crippen LogP contribution in [0.1, 0.15) is 25.7 Å². The van der Waals surface area contributed by atoms with E-state index >= 15 is 0 Å². The molecular weight excluding hydrogens is 377 g/mol. The summed E-state index contributed by atoms with van der Waals surface area (Å²) in [4.78, 5) is 18.8. The zero-order valence-electron chi connectivity index (χ0n) is 16.3. The average Bonchev–Trinajstić information content (AvgIpc) is 3.28. The largest absolute Gasteiger partial charge is 0.490 e. The molecule has 0 bridgehead atoms. The molecular formula is C20H26FN5O3. The molecule has 4 rings (SSSR count). The summed E-state index contributed by atoms with van der Waals surface area (Å²) < 4.78 is 21.6. The third kappa shape index (κ3) is 4.67. The second-order valence-electron chi connectivity index (χ2n) is 7.75. The van der Waals surface area contributed by atoms with E-state index in [-0.39, 0.29) is 5.75 Å². The molecule has 2 heterocycles. The summed E-state index contributed by atoms with van der Waals surface area (Å²) in [7, 11) is 0. The number of benzene rings is 1. The molecule has 1 saturated carbocycles. The molecule has 1 aromatic heterocycles. The lowest BCUT2D eigenvalue weighted by Crippen LogP contribution is -2.52. The van der Waals surface area contributed by atoms with Gasteiger partial charge in [0.05, 0.1) is 12.3 Å². The molecule has 0 unspecified atom stereocenters. The van der Waals surface area contributed by atoms with Gasteiger partial charge in [0.15, 0.2) is 11.6 Å². The van der Waals surface area contributed by atoms with Crippen LogP contribution in [0.2, 0.25) is 0 Å². The van der Waals surface area contributed by atoms with Crippen molar-refractivity contribution in [2.45, 2.75) is 31.7 Å². The van der Waals surface area contributed by atoms with Crippen LogP contribution in [-0.2, 0) is 0 Å². The Kier molecular flexibility index (Phi) is 5.94. The summed E-state index contributed by atoms with van der Waals surface area (Å²) in [5.41, 5.74) is 0.607. The Morgan fingerprint density at radius 1 is 1.17 bits per heavy atom. The second kappa shape index (κ2) is 8.77. The minimum atomic E-state index is -0.827. The fourth-order valence-electron chi connectivity index (χ4n) is 4.25. The molecule has 2 aromatic rings. The van der Waals surface area contributed by atoms with Gasteiger partial charge >= 0.3 is 6.09 Å². The van der Waals surface area contributed by atoms with E-state index in [9.17, 15) is 9.18 Å². The van der Waals surface area contributed by atoms with Crippen molar-refractivity contribution in [1.82, 2.24) is 24.6 Å². The first kappa shape index (κ1) is 19.6. The Labute approximate surface area is 168 Å². The van der Waals surface area contributed by atoms with Crippen LogP contribution < -0.4 is 4.74 Å². The maximum absolute atomic E-state index is 14.4. The van der Waals surface area contributed by atoms with Crippen LogP contribution in [-0.4, -0.2) is 74.6 Å². The van der Waals surface area contributed by atoms with E-state index in [0.29, 0.717) is 37.3 Å². The molecule has 8 nitrogen and oxygen atoms in total. The molecule has 1 aliphatic carbocycles. The van der Waals surface area contributed by atoms with E-state index in [1.54, 1.807) is 12.1 Å². The van der Waals surface area contributed by atoms with E-state index in [0.717, 1.165) is 38.8 Å². The van der Waals surface area contributed by atoms with Crippen molar-refractivity contribution in [2.24, 2.45) is 5.92 Å². The van der Waals surface area contributed by atoms with Crippen molar-refractivity contribution in [1.29, 1.82) is 0 Å². The Balaban J connectivity index is 1.23. The quantitative estimate of drug-likeness (QED) is 0.826. The standard InChI is InChI=1S/C20H26FN5O3/c21-18-11-17(26-14-22-13-23-26)5-6-19(18)29-12-15-1-3-16(4-2-15)24-7-9-25(10-8-24)20(27)28/h5-6,11,13-16H,1-4,7-10,12H2,(H,27,28)/t15-,16-. The van der Waals surface area contributed by atoms with Crippen molar-refractivity contribution in [3.8, 4) is 11.4 Å². The molecule has 9 heteroatoms. The molecule has 1 aromatic carbocycles. The summed E-state index contributed by atoms with van der Waals surface area (Å²) in [6, 6.07) is 5.32. The van der Waals surface area contributed by atoms with Crippen molar-refractivity contribution in [3.05, 3.63) is 36.7 Å². The minimum absolute atomic E-state index is 0.265. The number of rotatable bonds is 5. The smallest absolute Gasteiger partial charge is 0.407 e. The fourth-order valence-corrected chi connectivity index (χ4v) is 4.25. The van der Waals surface area contributed by atoms with Crippen molar-refractivity contribution in [3.63, 3.8) is 0 Å². The van der Waals surface area contributed by atoms with Gasteiger partial charge in [-0.1, -0.05) is 0 Å². The highest BCUT2D eigenvalue weighted by Crippen LogP contribution is 2.29. The van der Waals surface area contributed by atoms with Gasteiger partial charge in [-0.3, -0.25) is 4.90 Å². The van der Waals surface area contributed by atoms with Crippen LogP contribution in [0.15, 0.2) is 30.9 Å². The number of halogens is 1. The highest BCUT2D eigenvalue weighted by atomic mass is 19.1. The lowest BCUT2D eigenvalue weighted by Gasteiger charge is -2.41. The average molecular weight is 403 g/mol. The Hall–Kier alpha value is -2.68. The van der Waals surface area contributed by atoms with Crippen LogP contribution in [0.3, 0.4) is 0 Å². The molecule has 1 saturated heterocycles. The normalized spacial score (nSPS) is 23.1. The summed E-state index contributed by atoms with van der Waals surface area (Å²) in [6.45, 7) is 3.30. The molecule has 0 radical (unpaired) electrons. The fraction of sp³-hybridized carbons (Fsp3) is 0.550. The van der Waals surface area contributed by atoms with Gasteiger partial charge in [-0.2, -0.15) is 5.10 Å². The number of ether oxygens (including phenoxy) is 1. The van der Waals surface area contributed by atoms with Gasteiger partial charge < -0.3 is 14.7 Å². The number of hydrogen-bond donors (Lipinski definition) is 1. The second-order valence-corrected chi connectivity index (χ2v) is 7.75. The monoisotopic (exact) mass is 403 g/mol. The number of carboxylic acid groups (broad SMARTS) is 1. The molecule has 0 spiro atoms. The third-order valence-electron chi connectivity index (χ3n) is 5.99. The first-order chi connectivity index (χ1) is 14.1. The summed E-state index contributed by atoms with van der Waals surface area (Å²) in [6.07, 6.45) is 6.35. The van der Waals surface area contributed by atoms with Crippen LogP contribution >= 0.6 is 0 Å². The van der Waals surface area contributed by atoms with Crippen molar-refractivity contribution < 1.29 is 19.0 Å². The molecule has 2 aliphatic rings. The van der Waals surface area contributed by atoms with Crippen molar-refractivity contribution in [2.75, 3.05) is 32.8 Å². The van der Waals surface area contributed by atoms with Gasteiger partial charge in [-0.25, -0.2) is 18.9 Å². The number of amides is 1. The van der Waals surface area contributed by atoms with Gasteiger partial charge in [0.2, 0.25) is 0 Å². The molecule has 1 amide bonds. The first-order valence-electron chi connectivity index (χ1n) is 10.1. The lowest BCUT2D eigenvalue weighted by molar-refractivity contribution is 0.0616. The van der Waals surface area contributed by atoms with Gasteiger partial charge in [-0.15, -0.1) is 0 Å². The zero-order valence-corrected chi connectivity index (χ0v) is 16.3. The first-order valence-corrected chi connectivity index (χ1v) is 10.1. The number of piperazine rings is 1. The summed E-state index contributed by atoms with van der Waals surface area (Å²) in [5, 5.41) is 13.1. The number of carbonyl (C=O) groups is 1. The predicted molar refractivity (Wildman–Crippen MR) is 104 cm³/mol. The SMILES string of the molecule is O=C(O)N1CCN([C@H]2CC[C@H](COc3ccc(-n4cncn4)cc3F)CC2)CC1. The van der Waals surface area contributed by atoms with E-state index in [1.807, 2.05) is 0 Å². The Morgan fingerprint density at radius 3 is 2.55 bits per heavy atom. The third-order valence-corrected chi connectivity index (χ3v) is 5.99. The molecule has 29 heavy (non-hydrogen) atoms. The topological polar surface area (TPSA) is 83.7 Å². The summed E-state index contributed by atoms with van der Waals surface area (Å²) in [5.74, 6) is 0.282. The van der Waals surface area contributed by atoms with Gasteiger partial charge in [0.25, 0.3) is 0 Å². The predicted octanol–water partition coefficient (Wildman–Crippen LogP) is 2.64. The van der Waals surface area contributed by atoms with E-state index < -0.39 is 11.9 Å². The molecule has 2 fully saturated rings. The highest BCUT2D eigenvalue weighted by molar-refractivity contribution is 5.65. The molecule has 156 valence electrons. The minimum Gasteiger partial charge on any atom is -0.490 e. The van der Waals surface area contributed by atoms with Gasteiger partial charge in [0.1, 0.15) is 12.7 Å². The van der Waals surface area contributed by atoms with E-state index in [4.69, 9.17) is 9.84 Å². The van der Waals surface area contributed by atoms with E-state index in [2.05, 4.69) is 15.0 Å². The van der Waals surface area contributed by atoms with Crippen LogP contribution in [0.5, 0.6) is 5.75 Å². The van der Waals surface area contributed by atoms with Gasteiger partial charge in [-0.05, 0) is 43.7 Å². The number of aromatic nitrogens is 3. The zero-order chi connectivity index (χ0) is 20.2. The van der Waals surface area contributed by atoms with Crippen LogP contribution in [0, 0.1) is 11.7 Å². The van der Waals surface area contributed by atoms with Crippen LogP contribution in [0.4, 0.5) is 9.18 Å².